The largest absolute Gasteiger partial charge is 0.256 e. The molecule has 0 saturated heterocycles. The molecule has 0 N–H and O–H groups in total. The van der Waals surface area contributed by atoms with Crippen LogP contribution in [0.15, 0.2) is 42.7 Å². The summed E-state index contributed by atoms with van der Waals surface area (Å²) in [6, 6.07) is 11.0. The minimum atomic E-state index is 1.14. The van der Waals surface area contributed by atoms with Crippen LogP contribution in [0.25, 0.3) is 0 Å². The molecule has 0 aliphatic rings. The lowest BCUT2D eigenvalue weighted by Gasteiger charge is -2.07. The Kier molecular flexibility index (Phi) is 20.0. The number of hydrogen-bond donors (Lipinski definition) is 0. The molecule has 0 atom stereocenters. The zero-order valence-corrected chi connectivity index (χ0v) is 25.6. The molecule has 0 spiro atoms. The summed E-state index contributed by atoms with van der Waals surface area (Å²) >= 11 is 0. The molecule has 0 aliphatic carbocycles. The number of rotatable bonds is 26. The molecule has 0 saturated carbocycles. The summed E-state index contributed by atoms with van der Waals surface area (Å²) in [6.07, 6.45) is 36.7. The van der Waals surface area contributed by atoms with Crippen LogP contribution in [0, 0.1) is 0 Å². The number of nitrogens with zero attached hydrogens (tertiary/aromatic N) is 2. The molecule has 2 rings (SSSR count). The molecule has 0 unspecified atom stereocenters. The Morgan fingerprint density at radius 1 is 0.526 bits per heavy atom. The van der Waals surface area contributed by atoms with Crippen molar-refractivity contribution in [1.29, 1.82) is 0 Å². The average molecular weight is 524 g/mol. The van der Waals surface area contributed by atoms with Gasteiger partial charge < -0.3 is 0 Å². The minimum Gasteiger partial charge on any atom is -0.234 e. The lowest BCUT2D eigenvalue weighted by atomic mass is 10.0. The van der Waals surface area contributed by atoms with Gasteiger partial charge in [0.25, 0.3) is 5.82 Å². The van der Waals surface area contributed by atoms with Gasteiger partial charge in [0.1, 0.15) is 12.4 Å². The Hall–Kier alpha value is -1.57. The van der Waals surface area contributed by atoms with Gasteiger partial charge in [-0.05, 0) is 37.7 Å². The van der Waals surface area contributed by atoms with Crippen molar-refractivity contribution in [2.24, 2.45) is 0 Å². The summed E-state index contributed by atoms with van der Waals surface area (Å²) in [5.74, 6) is 1.57. The number of aromatic nitrogens is 2. The van der Waals surface area contributed by atoms with Crippen LogP contribution in [0.1, 0.15) is 160 Å². The molecule has 1 heterocycles. The maximum Gasteiger partial charge on any atom is 0.256 e. The molecule has 0 bridgehead atoms. The third-order valence-electron chi connectivity index (χ3n) is 8.30. The maximum absolute atomic E-state index is 2.59. The fourth-order valence-corrected chi connectivity index (χ4v) is 5.83. The SMILES string of the molecule is CCCCCCCCCCCCCCCCCn1cc[n+](CCCc2ccccc2)c1CCCCCCC. The van der Waals surface area contributed by atoms with Gasteiger partial charge in [-0.1, -0.05) is 153 Å². The standard InChI is InChI=1S/C36H63N2/c1-3-5-7-9-10-11-12-13-14-15-16-17-18-20-25-31-37-33-34-38(36(37)30-24-19-8-6-4-2)32-26-29-35-27-22-21-23-28-35/h21-23,27-28,33-34H,3-20,24-26,29-32H2,1-2H3/q+1. The van der Waals surface area contributed by atoms with Crippen molar-refractivity contribution >= 4 is 0 Å². The normalized spacial score (nSPS) is 11.4. The van der Waals surface area contributed by atoms with Gasteiger partial charge in [-0.3, -0.25) is 0 Å². The molecule has 0 fully saturated rings. The van der Waals surface area contributed by atoms with Crippen LogP contribution in [-0.4, -0.2) is 4.57 Å². The highest BCUT2D eigenvalue weighted by atomic mass is 15.1. The molecule has 1 aromatic carbocycles. The Bertz CT molecular complexity index is 763. The maximum atomic E-state index is 2.59. The van der Waals surface area contributed by atoms with E-state index in [-0.39, 0.29) is 0 Å². The predicted molar refractivity (Wildman–Crippen MR) is 167 cm³/mol. The van der Waals surface area contributed by atoms with E-state index in [0.29, 0.717) is 0 Å². The second kappa shape index (κ2) is 23.3. The zero-order valence-electron chi connectivity index (χ0n) is 25.6. The van der Waals surface area contributed by atoms with Gasteiger partial charge in [-0.15, -0.1) is 0 Å². The number of imidazole rings is 1. The van der Waals surface area contributed by atoms with Gasteiger partial charge in [0.05, 0.1) is 13.1 Å². The Balaban J connectivity index is 1.59. The Labute approximate surface area is 237 Å². The van der Waals surface area contributed by atoms with Crippen LogP contribution in [0.4, 0.5) is 0 Å². The van der Waals surface area contributed by atoms with Crippen molar-refractivity contribution < 1.29 is 4.57 Å². The monoisotopic (exact) mass is 523 g/mol. The molecule has 2 nitrogen and oxygen atoms in total. The second-order valence-corrected chi connectivity index (χ2v) is 11.8. The van der Waals surface area contributed by atoms with E-state index in [2.05, 4.69) is 65.7 Å². The van der Waals surface area contributed by atoms with Crippen LogP contribution >= 0.6 is 0 Å². The van der Waals surface area contributed by atoms with Crippen molar-refractivity contribution in [2.75, 3.05) is 0 Å². The third kappa shape index (κ3) is 15.7. The lowest BCUT2D eigenvalue weighted by Crippen LogP contribution is -2.37. The first-order chi connectivity index (χ1) is 18.8. The number of hydrogen-bond acceptors (Lipinski definition) is 0. The summed E-state index contributed by atoms with van der Waals surface area (Å²) < 4.78 is 5.15. The summed E-state index contributed by atoms with van der Waals surface area (Å²) in [7, 11) is 0. The molecule has 0 amide bonds. The van der Waals surface area contributed by atoms with E-state index in [4.69, 9.17) is 0 Å². The van der Waals surface area contributed by atoms with E-state index < -0.39 is 0 Å². The Morgan fingerprint density at radius 3 is 1.58 bits per heavy atom. The van der Waals surface area contributed by atoms with E-state index in [1.165, 1.54) is 160 Å². The van der Waals surface area contributed by atoms with Crippen LogP contribution < -0.4 is 4.57 Å². The predicted octanol–water partition coefficient (Wildman–Crippen LogP) is 10.8. The van der Waals surface area contributed by atoms with Crippen molar-refractivity contribution in [2.45, 2.75) is 175 Å². The first-order valence-electron chi connectivity index (χ1n) is 17.0. The number of benzene rings is 1. The quantitative estimate of drug-likeness (QED) is 0.0856. The zero-order chi connectivity index (χ0) is 26.9. The van der Waals surface area contributed by atoms with Gasteiger partial charge in [-0.2, -0.15) is 0 Å². The highest BCUT2D eigenvalue weighted by Crippen LogP contribution is 2.14. The van der Waals surface area contributed by atoms with Crippen LogP contribution in [0.3, 0.4) is 0 Å². The summed E-state index contributed by atoms with van der Waals surface area (Å²) in [5, 5.41) is 0. The Morgan fingerprint density at radius 2 is 1.03 bits per heavy atom. The molecular weight excluding hydrogens is 460 g/mol. The summed E-state index contributed by atoms with van der Waals surface area (Å²) in [6.45, 7) is 6.96. The van der Waals surface area contributed by atoms with Crippen molar-refractivity contribution in [3.05, 3.63) is 54.1 Å². The molecule has 1 aromatic heterocycles. The topological polar surface area (TPSA) is 8.81 Å². The summed E-state index contributed by atoms with van der Waals surface area (Å²) in [5.41, 5.74) is 1.46. The first-order valence-corrected chi connectivity index (χ1v) is 17.0. The molecule has 0 radical (unpaired) electrons. The third-order valence-corrected chi connectivity index (χ3v) is 8.30. The van der Waals surface area contributed by atoms with E-state index in [1.54, 1.807) is 5.82 Å². The minimum absolute atomic E-state index is 1.14. The van der Waals surface area contributed by atoms with E-state index in [0.717, 1.165) is 6.54 Å². The van der Waals surface area contributed by atoms with Crippen LogP contribution in [0.2, 0.25) is 0 Å². The van der Waals surface area contributed by atoms with Gasteiger partial charge in [0.15, 0.2) is 0 Å². The highest BCUT2D eigenvalue weighted by molar-refractivity contribution is 5.14. The van der Waals surface area contributed by atoms with E-state index in [1.807, 2.05) is 0 Å². The molecule has 38 heavy (non-hydrogen) atoms. The highest BCUT2D eigenvalue weighted by Gasteiger charge is 2.16. The molecular formula is C36H63N2+. The van der Waals surface area contributed by atoms with Crippen LogP contribution in [0.5, 0.6) is 0 Å². The fraction of sp³-hybridized carbons (Fsp3) is 0.750. The van der Waals surface area contributed by atoms with Gasteiger partial charge >= 0.3 is 0 Å². The fourth-order valence-electron chi connectivity index (χ4n) is 5.83. The first kappa shape index (κ1) is 32.6. The average Bonchev–Trinajstić information content (AvgIpc) is 3.32. The van der Waals surface area contributed by atoms with Gasteiger partial charge in [0.2, 0.25) is 0 Å². The van der Waals surface area contributed by atoms with Crippen LogP contribution in [-0.2, 0) is 25.9 Å². The molecule has 216 valence electrons. The van der Waals surface area contributed by atoms with Gasteiger partial charge in [0, 0.05) is 6.42 Å². The molecule has 2 heteroatoms. The second-order valence-electron chi connectivity index (χ2n) is 11.8. The van der Waals surface area contributed by atoms with Crippen molar-refractivity contribution in [3.8, 4) is 0 Å². The van der Waals surface area contributed by atoms with Crippen molar-refractivity contribution in [3.63, 3.8) is 0 Å². The van der Waals surface area contributed by atoms with Gasteiger partial charge in [-0.25, -0.2) is 9.13 Å². The number of aryl methyl sites for hydroxylation is 3. The smallest absolute Gasteiger partial charge is 0.234 e. The van der Waals surface area contributed by atoms with Crippen molar-refractivity contribution in [1.82, 2.24) is 4.57 Å². The molecule has 0 aliphatic heterocycles. The van der Waals surface area contributed by atoms with E-state index in [9.17, 15) is 0 Å². The van der Waals surface area contributed by atoms with E-state index >= 15 is 0 Å². The molecule has 2 aromatic rings. The lowest BCUT2D eigenvalue weighted by molar-refractivity contribution is -0.704. The summed E-state index contributed by atoms with van der Waals surface area (Å²) in [4.78, 5) is 0. The number of unbranched alkanes of at least 4 members (excludes halogenated alkanes) is 18.